The Morgan fingerprint density at radius 2 is 2.25 bits per heavy atom. The van der Waals surface area contributed by atoms with Gasteiger partial charge in [-0.05, 0) is 47.9 Å². The summed E-state index contributed by atoms with van der Waals surface area (Å²) in [6, 6.07) is 4.43. The van der Waals surface area contributed by atoms with Gasteiger partial charge in [-0.2, -0.15) is 0 Å². The van der Waals surface area contributed by atoms with Crippen molar-refractivity contribution in [3.05, 3.63) is 24.0 Å². The topological polar surface area (TPSA) is 78.8 Å². The van der Waals surface area contributed by atoms with Crippen LogP contribution in [0.1, 0.15) is 25.3 Å². The fourth-order valence-electron chi connectivity index (χ4n) is 2.71. The number of nitrogens with two attached hydrogens (primary N) is 1. The molecule has 0 bridgehead atoms. The SMILES string of the molecule is COC1CCC(n2nnnc2-c2ccc(F)cc2N)C1. The molecule has 0 amide bonds. The first kappa shape index (κ1) is 13.0. The number of hydrogen-bond donors (Lipinski definition) is 1. The van der Waals surface area contributed by atoms with E-state index in [-0.39, 0.29) is 18.0 Å². The zero-order valence-electron chi connectivity index (χ0n) is 11.2. The molecule has 1 aliphatic rings. The van der Waals surface area contributed by atoms with Crippen LogP contribution in [0.5, 0.6) is 0 Å². The average molecular weight is 277 g/mol. The zero-order chi connectivity index (χ0) is 14.1. The lowest BCUT2D eigenvalue weighted by Gasteiger charge is -2.13. The van der Waals surface area contributed by atoms with Gasteiger partial charge >= 0.3 is 0 Å². The van der Waals surface area contributed by atoms with Gasteiger partial charge in [-0.3, -0.25) is 0 Å². The highest BCUT2D eigenvalue weighted by Gasteiger charge is 2.29. The van der Waals surface area contributed by atoms with Crippen molar-refractivity contribution in [2.75, 3.05) is 12.8 Å². The van der Waals surface area contributed by atoms with Crippen LogP contribution in [0.15, 0.2) is 18.2 Å². The van der Waals surface area contributed by atoms with Crippen molar-refractivity contribution < 1.29 is 9.13 Å². The Balaban J connectivity index is 1.94. The molecule has 7 heteroatoms. The molecule has 2 N–H and O–H groups in total. The molecule has 1 fully saturated rings. The van der Waals surface area contributed by atoms with Crippen molar-refractivity contribution in [1.29, 1.82) is 0 Å². The number of nitrogen functional groups attached to an aromatic ring is 1. The molecule has 0 aliphatic heterocycles. The lowest BCUT2D eigenvalue weighted by atomic mass is 10.1. The van der Waals surface area contributed by atoms with Crippen LogP contribution in [-0.2, 0) is 4.74 Å². The quantitative estimate of drug-likeness (QED) is 0.865. The Morgan fingerprint density at radius 3 is 2.95 bits per heavy atom. The van der Waals surface area contributed by atoms with E-state index in [0.717, 1.165) is 19.3 Å². The highest BCUT2D eigenvalue weighted by atomic mass is 19.1. The van der Waals surface area contributed by atoms with E-state index >= 15 is 0 Å². The number of aromatic nitrogens is 4. The second-order valence-electron chi connectivity index (χ2n) is 5.00. The predicted octanol–water partition coefficient (Wildman–Crippen LogP) is 1.80. The van der Waals surface area contributed by atoms with Gasteiger partial charge in [0.25, 0.3) is 0 Å². The van der Waals surface area contributed by atoms with Crippen molar-refractivity contribution in [1.82, 2.24) is 20.2 Å². The first-order valence-corrected chi connectivity index (χ1v) is 6.55. The Bertz CT molecular complexity index is 615. The predicted molar refractivity (Wildman–Crippen MR) is 71.3 cm³/mol. The Hall–Kier alpha value is -2.02. The van der Waals surface area contributed by atoms with Crippen LogP contribution in [-0.4, -0.2) is 33.4 Å². The first-order valence-electron chi connectivity index (χ1n) is 6.55. The molecule has 1 aliphatic carbocycles. The molecule has 1 heterocycles. The summed E-state index contributed by atoms with van der Waals surface area (Å²) < 4.78 is 20.3. The van der Waals surface area contributed by atoms with E-state index in [1.807, 2.05) is 0 Å². The standard InChI is InChI=1S/C13H16FN5O/c1-20-10-4-3-9(7-10)19-13(16-17-18-19)11-5-2-8(14)6-12(11)15/h2,5-6,9-10H,3-4,7,15H2,1H3. The monoisotopic (exact) mass is 277 g/mol. The van der Waals surface area contributed by atoms with Crippen molar-refractivity contribution in [2.24, 2.45) is 0 Å². The third-order valence-corrected chi connectivity index (χ3v) is 3.78. The summed E-state index contributed by atoms with van der Waals surface area (Å²) in [6.45, 7) is 0. The molecule has 0 spiro atoms. The summed E-state index contributed by atoms with van der Waals surface area (Å²) in [5.41, 5.74) is 6.85. The molecule has 3 rings (SSSR count). The average Bonchev–Trinajstić information content (AvgIpc) is 3.06. The Kier molecular flexibility index (Phi) is 3.35. The highest BCUT2D eigenvalue weighted by Crippen LogP contribution is 2.34. The summed E-state index contributed by atoms with van der Waals surface area (Å²) in [6.07, 6.45) is 3.05. The lowest BCUT2D eigenvalue weighted by Crippen LogP contribution is -2.12. The molecule has 1 aromatic heterocycles. The third-order valence-electron chi connectivity index (χ3n) is 3.78. The molecule has 2 unspecified atom stereocenters. The van der Waals surface area contributed by atoms with E-state index in [4.69, 9.17) is 10.5 Å². The van der Waals surface area contributed by atoms with Gasteiger partial charge < -0.3 is 10.5 Å². The number of methoxy groups -OCH3 is 1. The Morgan fingerprint density at radius 1 is 1.40 bits per heavy atom. The number of nitrogens with zero attached hydrogens (tertiary/aromatic N) is 4. The molecule has 106 valence electrons. The lowest BCUT2D eigenvalue weighted by molar-refractivity contribution is 0.105. The number of benzene rings is 1. The molecule has 6 nitrogen and oxygen atoms in total. The minimum Gasteiger partial charge on any atom is -0.398 e. The second-order valence-corrected chi connectivity index (χ2v) is 5.00. The summed E-state index contributed by atoms with van der Waals surface area (Å²) in [5.74, 6) is 0.204. The van der Waals surface area contributed by atoms with Gasteiger partial charge in [-0.1, -0.05) is 0 Å². The first-order chi connectivity index (χ1) is 9.69. The second kappa shape index (κ2) is 5.16. The third kappa shape index (κ3) is 2.24. The van der Waals surface area contributed by atoms with E-state index in [1.54, 1.807) is 17.9 Å². The number of tetrazole rings is 1. The van der Waals surface area contributed by atoms with E-state index < -0.39 is 0 Å². The number of halogens is 1. The highest BCUT2D eigenvalue weighted by molar-refractivity contribution is 5.71. The molecule has 2 atom stereocenters. The summed E-state index contributed by atoms with van der Waals surface area (Å²) in [7, 11) is 1.71. The largest absolute Gasteiger partial charge is 0.398 e. The molecule has 2 aromatic rings. The molecule has 1 aromatic carbocycles. The van der Waals surface area contributed by atoms with Gasteiger partial charge in [0.2, 0.25) is 0 Å². The van der Waals surface area contributed by atoms with Gasteiger partial charge in [0.15, 0.2) is 5.82 Å². The Labute approximate surface area is 115 Å². The molecule has 0 saturated heterocycles. The number of hydrogen-bond acceptors (Lipinski definition) is 5. The van der Waals surface area contributed by atoms with Crippen molar-refractivity contribution >= 4 is 5.69 Å². The molecule has 1 saturated carbocycles. The van der Waals surface area contributed by atoms with E-state index in [0.29, 0.717) is 17.1 Å². The van der Waals surface area contributed by atoms with Crippen LogP contribution < -0.4 is 5.73 Å². The zero-order valence-corrected chi connectivity index (χ0v) is 11.2. The van der Waals surface area contributed by atoms with Crippen LogP contribution in [0.4, 0.5) is 10.1 Å². The molecule has 0 radical (unpaired) electrons. The molecular formula is C13H16FN5O. The van der Waals surface area contributed by atoms with Gasteiger partial charge in [-0.15, -0.1) is 5.10 Å². The minimum absolute atomic E-state index is 0.189. The van der Waals surface area contributed by atoms with E-state index in [1.165, 1.54) is 12.1 Å². The van der Waals surface area contributed by atoms with Crippen LogP contribution in [0, 0.1) is 5.82 Å². The van der Waals surface area contributed by atoms with Gasteiger partial charge in [0, 0.05) is 18.4 Å². The summed E-state index contributed by atoms with van der Waals surface area (Å²) >= 11 is 0. The van der Waals surface area contributed by atoms with Crippen molar-refractivity contribution in [3.63, 3.8) is 0 Å². The fourth-order valence-corrected chi connectivity index (χ4v) is 2.71. The maximum absolute atomic E-state index is 13.1. The van der Waals surface area contributed by atoms with Gasteiger partial charge in [0.05, 0.1) is 12.1 Å². The number of anilines is 1. The van der Waals surface area contributed by atoms with Crippen LogP contribution in [0.3, 0.4) is 0 Å². The van der Waals surface area contributed by atoms with Crippen LogP contribution >= 0.6 is 0 Å². The van der Waals surface area contributed by atoms with Crippen LogP contribution in [0.25, 0.3) is 11.4 Å². The smallest absolute Gasteiger partial charge is 0.184 e. The van der Waals surface area contributed by atoms with E-state index in [9.17, 15) is 4.39 Å². The fraction of sp³-hybridized carbons (Fsp3) is 0.462. The molecular weight excluding hydrogens is 261 g/mol. The number of rotatable bonds is 3. The van der Waals surface area contributed by atoms with Crippen molar-refractivity contribution in [3.8, 4) is 11.4 Å². The van der Waals surface area contributed by atoms with Crippen molar-refractivity contribution in [2.45, 2.75) is 31.4 Å². The maximum atomic E-state index is 13.1. The summed E-state index contributed by atoms with van der Waals surface area (Å²) in [5, 5.41) is 11.8. The minimum atomic E-state index is -0.370. The number of ether oxygens (including phenoxy) is 1. The van der Waals surface area contributed by atoms with Gasteiger partial charge in [-0.25, -0.2) is 9.07 Å². The van der Waals surface area contributed by atoms with E-state index in [2.05, 4.69) is 15.5 Å². The van der Waals surface area contributed by atoms with Crippen LogP contribution in [0.2, 0.25) is 0 Å². The summed E-state index contributed by atoms with van der Waals surface area (Å²) in [4.78, 5) is 0. The normalized spacial score (nSPS) is 22.3. The maximum Gasteiger partial charge on any atom is 0.184 e. The van der Waals surface area contributed by atoms with Gasteiger partial charge in [0.1, 0.15) is 5.82 Å². The molecule has 20 heavy (non-hydrogen) atoms.